The third-order valence-electron chi connectivity index (χ3n) is 6.45. The number of hydrogen-bond acceptors (Lipinski definition) is 5. The first-order valence-electron chi connectivity index (χ1n) is 12.5. The summed E-state index contributed by atoms with van der Waals surface area (Å²) in [5.74, 6) is 0.609. The molecule has 2 aromatic heterocycles. The van der Waals surface area contributed by atoms with Gasteiger partial charge in [-0.3, -0.25) is 9.69 Å². The zero-order valence-electron chi connectivity index (χ0n) is 22.1. The number of piperazine rings is 1. The minimum absolute atomic E-state index is 0.145. The monoisotopic (exact) mass is 491 g/mol. The number of aromatic nitrogens is 2. The van der Waals surface area contributed by atoms with Gasteiger partial charge in [-0.1, -0.05) is 36.4 Å². The third kappa shape index (κ3) is 5.70. The second kappa shape index (κ2) is 9.93. The Morgan fingerprint density at radius 3 is 2.47 bits per heavy atom. The standard InChI is InChI=1S/C28H37N5O3/c1-20-11-10-14-33-22(20)17-29-25(33)28(5,6)30-24(34)23-19-32(26(35)36-27(2,3)4)16-15-31(23)18-21-12-8-7-9-13-21/h7-14,17,23H,15-16,18-19H2,1-6H3,(H,30,34)/t23-/m0/s1. The highest BCUT2D eigenvalue weighted by atomic mass is 16.6. The largest absolute Gasteiger partial charge is 0.444 e. The number of fused-ring (bicyclic) bond motifs is 1. The molecule has 2 amide bonds. The quantitative estimate of drug-likeness (QED) is 0.581. The van der Waals surface area contributed by atoms with E-state index in [1.54, 1.807) is 4.90 Å². The van der Waals surface area contributed by atoms with Gasteiger partial charge in [-0.25, -0.2) is 9.78 Å². The second-order valence-corrected chi connectivity index (χ2v) is 11.0. The molecule has 0 aliphatic carbocycles. The van der Waals surface area contributed by atoms with Gasteiger partial charge in [0.05, 0.1) is 17.3 Å². The summed E-state index contributed by atoms with van der Waals surface area (Å²) in [6, 6.07) is 13.6. The Labute approximate surface area is 213 Å². The Morgan fingerprint density at radius 1 is 1.06 bits per heavy atom. The molecule has 8 heteroatoms. The molecule has 1 aliphatic rings. The number of amides is 2. The summed E-state index contributed by atoms with van der Waals surface area (Å²) >= 11 is 0. The van der Waals surface area contributed by atoms with E-state index in [4.69, 9.17) is 4.74 Å². The molecule has 1 aromatic carbocycles. The van der Waals surface area contributed by atoms with Gasteiger partial charge in [-0.05, 0) is 58.7 Å². The van der Waals surface area contributed by atoms with Gasteiger partial charge in [0.1, 0.15) is 17.5 Å². The number of carbonyl (C=O) groups excluding carboxylic acids is 2. The fourth-order valence-electron chi connectivity index (χ4n) is 4.64. The summed E-state index contributed by atoms with van der Waals surface area (Å²) in [6.45, 7) is 13.4. The maximum absolute atomic E-state index is 13.8. The van der Waals surface area contributed by atoms with E-state index in [0.717, 1.165) is 22.5 Å². The molecule has 0 spiro atoms. The molecule has 192 valence electrons. The van der Waals surface area contributed by atoms with Crippen molar-refractivity contribution >= 4 is 17.5 Å². The summed E-state index contributed by atoms with van der Waals surface area (Å²) in [7, 11) is 0. The summed E-state index contributed by atoms with van der Waals surface area (Å²) in [5, 5.41) is 3.22. The van der Waals surface area contributed by atoms with Crippen molar-refractivity contribution in [3.63, 3.8) is 0 Å². The fraction of sp³-hybridized carbons (Fsp3) is 0.464. The first kappa shape index (κ1) is 25.7. The lowest BCUT2D eigenvalue weighted by Gasteiger charge is -2.41. The van der Waals surface area contributed by atoms with Crippen LogP contribution < -0.4 is 5.32 Å². The Bertz CT molecular complexity index is 1230. The van der Waals surface area contributed by atoms with Crippen LogP contribution in [0.3, 0.4) is 0 Å². The number of imidazole rings is 1. The molecule has 0 unspecified atom stereocenters. The van der Waals surface area contributed by atoms with Gasteiger partial charge < -0.3 is 19.4 Å². The number of ether oxygens (including phenoxy) is 1. The predicted octanol–water partition coefficient (Wildman–Crippen LogP) is 4.12. The van der Waals surface area contributed by atoms with E-state index in [1.165, 1.54) is 0 Å². The third-order valence-corrected chi connectivity index (χ3v) is 6.45. The minimum atomic E-state index is -0.732. The van der Waals surface area contributed by atoms with Crippen LogP contribution in [0.4, 0.5) is 4.79 Å². The lowest BCUT2D eigenvalue weighted by molar-refractivity contribution is -0.130. The number of benzene rings is 1. The number of hydrogen-bond donors (Lipinski definition) is 1. The molecule has 0 bridgehead atoms. The van der Waals surface area contributed by atoms with E-state index in [-0.39, 0.29) is 12.5 Å². The van der Waals surface area contributed by atoms with Crippen LogP contribution in [-0.4, -0.2) is 62.5 Å². The van der Waals surface area contributed by atoms with Gasteiger partial charge in [0.15, 0.2) is 0 Å². The van der Waals surface area contributed by atoms with Crippen molar-refractivity contribution < 1.29 is 14.3 Å². The molecule has 3 heterocycles. The van der Waals surface area contributed by atoms with Crippen LogP contribution in [0.25, 0.3) is 5.52 Å². The zero-order valence-corrected chi connectivity index (χ0v) is 22.1. The van der Waals surface area contributed by atoms with Crippen molar-refractivity contribution in [1.29, 1.82) is 0 Å². The van der Waals surface area contributed by atoms with Crippen molar-refractivity contribution in [2.24, 2.45) is 0 Å². The van der Waals surface area contributed by atoms with Gasteiger partial charge in [0.2, 0.25) is 5.91 Å². The van der Waals surface area contributed by atoms with Gasteiger partial charge in [0, 0.05) is 32.4 Å². The molecule has 8 nitrogen and oxygen atoms in total. The highest BCUT2D eigenvalue weighted by Crippen LogP contribution is 2.24. The van der Waals surface area contributed by atoms with Crippen molar-refractivity contribution in [2.45, 2.75) is 65.3 Å². The number of carbonyl (C=O) groups is 2. The zero-order chi connectivity index (χ0) is 26.1. The molecule has 0 saturated carbocycles. The van der Waals surface area contributed by atoms with Crippen molar-refractivity contribution in [2.75, 3.05) is 19.6 Å². The number of aryl methyl sites for hydroxylation is 1. The van der Waals surface area contributed by atoms with Gasteiger partial charge in [0.25, 0.3) is 0 Å². The second-order valence-electron chi connectivity index (χ2n) is 11.0. The van der Waals surface area contributed by atoms with Crippen LogP contribution in [0.5, 0.6) is 0 Å². The molecular formula is C28H37N5O3. The smallest absolute Gasteiger partial charge is 0.410 e. The van der Waals surface area contributed by atoms with E-state index in [9.17, 15) is 9.59 Å². The molecule has 1 N–H and O–H groups in total. The van der Waals surface area contributed by atoms with E-state index in [2.05, 4.69) is 27.3 Å². The van der Waals surface area contributed by atoms with Crippen LogP contribution in [0.2, 0.25) is 0 Å². The number of pyridine rings is 1. The van der Waals surface area contributed by atoms with Crippen molar-refractivity contribution in [3.05, 3.63) is 71.8 Å². The van der Waals surface area contributed by atoms with E-state index < -0.39 is 23.3 Å². The Kier molecular flexibility index (Phi) is 7.09. The average molecular weight is 492 g/mol. The van der Waals surface area contributed by atoms with Crippen molar-refractivity contribution in [1.82, 2.24) is 24.5 Å². The summed E-state index contributed by atoms with van der Waals surface area (Å²) in [6.07, 6.45) is 3.41. The lowest BCUT2D eigenvalue weighted by Crippen LogP contribution is -2.61. The molecule has 3 aromatic rings. The first-order valence-corrected chi connectivity index (χ1v) is 12.5. The number of nitrogens with zero attached hydrogens (tertiary/aromatic N) is 4. The Balaban J connectivity index is 1.58. The van der Waals surface area contributed by atoms with Crippen molar-refractivity contribution in [3.8, 4) is 0 Å². The maximum atomic E-state index is 13.8. The van der Waals surface area contributed by atoms with E-state index >= 15 is 0 Å². The van der Waals surface area contributed by atoms with Gasteiger partial charge in [-0.2, -0.15) is 0 Å². The van der Waals surface area contributed by atoms with E-state index in [1.807, 2.05) is 88.7 Å². The van der Waals surface area contributed by atoms with Crippen LogP contribution in [0.1, 0.15) is 51.6 Å². The van der Waals surface area contributed by atoms with Crippen LogP contribution in [0.15, 0.2) is 54.9 Å². The van der Waals surface area contributed by atoms with Gasteiger partial charge >= 0.3 is 6.09 Å². The Morgan fingerprint density at radius 2 is 1.78 bits per heavy atom. The predicted molar refractivity (Wildman–Crippen MR) is 140 cm³/mol. The molecule has 1 fully saturated rings. The molecule has 0 radical (unpaired) electrons. The topological polar surface area (TPSA) is 79.2 Å². The van der Waals surface area contributed by atoms with Crippen LogP contribution in [-0.2, 0) is 21.6 Å². The minimum Gasteiger partial charge on any atom is -0.444 e. The molecule has 1 saturated heterocycles. The number of rotatable bonds is 5. The van der Waals surface area contributed by atoms with Crippen LogP contribution >= 0.6 is 0 Å². The maximum Gasteiger partial charge on any atom is 0.410 e. The SMILES string of the molecule is Cc1cccn2c(C(C)(C)NC(=O)[C@@H]3CN(C(=O)OC(C)(C)C)CCN3Cc3ccccc3)ncc12. The highest BCUT2D eigenvalue weighted by Gasteiger charge is 2.38. The molecule has 36 heavy (non-hydrogen) atoms. The normalized spacial score (nSPS) is 17.3. The lowest BCUT2D eigenvalue weighted by atomic mass is 10.0. The fourth-order valence-corrected chi connectivity index (χ4v) is 4.64. The summed E-state index contributed by atoms with van der Waals surface area (Å²) < 4.78 is 7.62. The van der Waals surface area contributed by atoms with Crippen LogP contribution in [0, 0.1) is 6.92 Å². The van der Waals surface area contributed by atoms with Gasteiger partial charge in [-0.15, -0.1) is 0 Å². The highest BCUT2D eigenvalue weighted by molar-refractivity contribution is 5.84. The number of nitrogens with one attached hydrogen (secondary N) is 1. The Hall–Kier alpha value is -3.39. The summed E-state index contributed by atoms with van der Waals surface area (Å²) in [4.78, 5) is 35.1. The molecule has 4 rings (SSSR count). The molecule has 1 aliphatic heterocycles. The molecule has 1 atom stereocenters. The molecular weight excluding hydrogens is 454 g/mol. The first-order chi connectivity index (χ1) is 16.9. The summed E-state index contributed by atoms with van der Waals surface area (Å²) in [5.41, 5.74) is 1.92. The average Bonchev–Trinajstić information content (AvgIpc) is 3.25. The van der Waals surface area contributed by atoms with E-state index in [0.29, 0.717) is 19.6 Å².